The van der Waals surface area contributed by atoms with E-state index in [9.17, 15) is 19.8 Å². The highest BCUT2D eigenvalue weighted by Crippen LogP contribution is 2.35. The second-order valence-electron chi connectivity index (χ2n) is 4.36. The van der Waals surface area contributed by atoms with Crippen LogP contribution < -0.4 is 4.74 Å². The third-order valence-corrected chi connectivity index (χ3v) is 4.41. The molecule has 1 saturated heterocycles. The molecule has 20 heavy (non-hydrogen) atoms. The van der Waals surface area contributed by atoms with Crippen LogP contribution >= 0.6 is 11.8 Å². The van der Waals surface area contributed by atoms with Crippen molar-refractivity contribution in [2.75, 3.05) is 12.9 Å². The standard InChI is InChI=1S/C13H15NO5S/c1-7-14(9(6-20-7)13(17)18)12(16)8-4-3-5-10(19-2)11(8)15/h3-5,7,9,15H,6H2,1-2H3,(H,17,18). The number of carboxylic acids is 1. The van der Waals surface area contributed by atoms with Crippen LogP contribution in [0.25, 0.3) is 0 Å². The van der Waals surface area contributed by atoms with E-state index in [1.807, 2.05) is 0 Å². The fourth-order valence-corrected chi connectivity index (χ4v) is 3.31. The largest absolute Gasteiger partial charge is 0.504 e. The molecule has 1 aliphatic heterocycles. The van der Waals surface area contributed by atoms with Crippen LogP contribution in [0.15, 0.2) is 18.2 Å². The number of aliphatic carboxylic acids is 1. The zero-order valence-corrected chi connectivity index (χ0v) is 11.9. The molecule has 108 valence electrons. The fourth-order valence-electron chi connectivity index (χ4n) is 2.14. The fraction of sp³-hybridized carbons (Fsp3) is 0.385. The smallest absolute Gasteiger partial charge is 0.327 e. The quantitative estimate of drug-likeness (QED) is 0.876. The van der Waals surface area contributed by atoms with Gasteiger partial charge in [0.05, 0.1) is 18.0 Å². The number of para-hydroxylation sites is 1. The first-order valence-electron chi connectivity index (χ1n) is 6.00. The van der Waals surface area contributed by atoms with Crippen LogP contribution in [-0.4, -0.2) is 51.3 Å². The number of carbonyl (C=O) groups excluding carboxylic acids is 1. The minimum absolute atomic E-state index is 0.0463. The lowest BCUT2D eigenvalue weighted by Crippen LogP contribution is -2.44. The molecule has 7 heteroatoms. The normalized spacial score (nSPS) is 21.8. The van der Waals surface area contributed by atoms with Crippen molar-refractivity contribution >= 4 is 23.6 Å². The number of amides is 1. The van der Waals surface area contributed by atoms with Crippen LogP contribution in [0.1, 0.15) is 17.3 Å². The summed E-state index contributed by atoms with van der Waals surface area (Å²) in [5.41, 5.74) is 0.0463. The van der Waals surface area contributed by atoms with E-state index in [1.165, 1.54) is 35.9 Å². The molecule has 1 heterocycles. The second kappa shape index (κ2) is 5.62. The first-order chi connectivity index (χ1) is 9.47. The van der Waals surface area contributed by atoms with Gasteiger partial charge in [-0.1, -0.05) is 6.07 Å². The van der Waals surface area contributed by atoms with Gasteiger partial charge in [-0.25, -0.2) is 4.79 Å². The van der Waals surface area contributed by atoms with Crippen molar-refractivity contribution in [1.29, 1.82) is 0 Å². The Labute approximate surface area is 120 Å². The van der Waals surface area contributed by atoms with Gasteiger partial charge in [0, 0.05) is 5.75 Å². The van der Waals surface area contributed by atoms with E-state index in [0.29, 0.717) is 5.75 Å². The number of hydrogen-bond donors (Lipinski definition) is 2. The summed E-state index contributed by atoms with van der Waals surface area (Å²) in [7, 11) is 1.39. The SMILES string of the molecule is COc1cccc(C(=O)N2C(C)SCC2C(=O)O)c1O. The van der Waals surface area contributed by atoms with E-state index in [1.54, 1.807) is 13.0 Å². The van der Waals surface area contributed by atoms with Gasteiger partial charge in [-0.2, -0.15) is 0 Å². The number of phenols is 1. The van der Waals surface area contributed by atoms with Gasteiger partial charge in [-0.15, -0.1) is 11.8 Å². The molecule has 2 atom stereocenters. The lowest BCUT2D eigenvalue weighted by atomic mass is 10.1. The third-order valence-electron chi connectivity index (χ3n) is 3.19. The Bertz CT molecular complexity index is 548. The average Bonchev–Trinajstić information content (AvgIpc) is 2.80. The van der Waals surface area contributed by atoms with Crippen molar-refractivity contribution < 1.29 is 24.5 Å². The van der Waals surface area contributed by atoms with Gasteiger partial charge < -0.3 is 19.8 Å². The number of benzene rings is 1. The Morgan fingerprint density at radius 2 is 2.15 bits per heavy atom. The Morgan fingerprint density at radius 3 is 2.75 bits per heavy atom. The van der Waals surface area contributed by atoms with Crippen LogP contribution in [0.3, 0.4) is 0 Å². The molecule has 0 bridgehead atoms. The number of phenolic OH excluding ortho intramolecular Hbond substituents is 1. The van der Waals surface area contributed by atoms with Crippen LogP contribution in [0.2, 0.25) is 0 Å². The van der Waals surface area contributed by atoms with Gasteiger partial charge in [0.15, 0.2) is 11.5 Å². The molecule has 2 N–H and O–H groups in total. The minimum atomic E-state index is -1.04. The summed E-state index contributed by atoms with van der Waals surface area (Å²) in [4.78, 5) is 25.0. The lowest BCUT2D eigenvalue weighted by molar-refractivity contribution is -0.141. The summed E-state index contributed by atoms with van der Waals surface area (Å²) in [6.45, 7) is 1.77. The minimum Gasteiger partial charge on any atom is -0.504 e. The molecule has 0 aromatic heterocycles. The van der Waals surface area contributed by atoms with Crippen LogP contribution in [0.5, 0.6) is 11.5 Å². The topological polar surface area (TPSA) is 87.1 Å². The van der Waals surface area contributed by atoms with Gasteiger partial charge in [0.1, 0.15) is 6.04 Å². The highest BCUT2D eigenvalue weighted by atomic mass is 32.2. The van der Waals surface area contributed by atoms with Crippen molar-refractivity contribution in [2.24, 2.45) is 0 Å². The Kier molecular flexibility index (Phi) is 4.08. The maximum Gasteiger partial charge on any atom is 0.327 e. The highest BCUT2D eigenvalue weighted by molar-refractivity contribution is 8.00. The summed E-state index contributed by atoms with van der Waals surface area (Å²) < 4.78 is 4.96. The van der Waals surface area contributed by atoms with E-state index in [2.05, 4.69) is 0 Å². The Balaban J connectivity index is 2.38. The van der Waals surface area contributed by atoms with Crippen molar-refractivity contribution in [3.8, 4) is 11.5 Å². The highest BCUT2D eigenvalue weighted by Gasteiger charge is 2.40. The van der Waals surface area contributed by atoms with Gasteiger partial charge in [0.25, 0.3) is 5.91 Å². The summed E-state index contributed by atoms with van der Waals surface area (Å²) in [6.07, 6.45) is 0. The van der Waals surface area contributed by atoms with E-state index in [4.69, 9.17) is 4.74 Å². The predicted octanol–water partition coefficient (Wildman–Crippen LogP) is 1.39. The molecule has 1 aromatic rings. The number of carboxylic acid groups (broad SMARTS) is 1. The molecule has 0 aliphatic carbocycles. The number of thioether (sulfide) groups is 1. The van der Waals surface area contributed by atoms with Crippen molar-refractivity contribution in [2.45, 2.75) is 18.3 Å². The van der Waals surface area contributed by atoms with Gasteiger partial charge >= 0.3 is 5.97 Å². The second-order valence-corrected chi connectivity index (χ2v) is 5.70. The molecule has 1 aliphatic rings. The molecule has 2 rings (SSSR count). The summed E-state index contributed by atoms with van der Waals surface area (Å²) >= 11 is 1.39. The molecular weight excluding hydrogens is 282 g/mol. The average molecular weight is 297 g/mol. The van der Waals surface area contributed by atoms with Crippen LogP contribution in [0, 0.1) is 0 Å². The maximum absolute atomic E-state index is 12.5. The van der Waals surface area contributed by atoms with Crippen molar-refractivity contribution in [3.05, 3.63) is 23.8 Å². The third kappa shape index (κ3) is 2.40. The lowest BCUT2D eigenvalue weighted by Gasteiger charge is -2.25. The molecule has 0 saturated carbocycles. The molecule has 1 aromatic carbocycles. The van der Waals surface area contributed by atoms with Crippen molar-refractivity contribution in [1.82, 2.24) is 4.90 Å². The van der Waals surface area contributed by atoms with Gasteiger partial charge in [0.2, 0.25) is 0 Å². The van der Waals surface area contributed by atoms with E-state index in [-0.39, 0.29) is 22.4 Å². The Hall–Kier alpha value is -1.89. The van der Waals surface area contributed by atoms with E-state index >= 15 is 0 Å². The number of aromatic hydroxyl groups is 1. The monoisotopic (exact) mass is 297 g/mol. The van der Waals surface area contributed by atoms with E-state index < -0.39 is 17.9 Å². The number of methoxy groups -OCH3 is 1. The predicted molar refractivity (Wildman–Crippen MR) is 74.2 cm³/mol. The molecule has 0 spiro atoms. The zero-order chi connectivity index (χ0) is 14.9. The molecule has 6 nitrogen and oxygen atoms in total. The van der Waals surface area contributed by atoms with Crippen LogP contribution in [0.4, 0.5) is 0 Å². The molecule has 0 radical (unpaired) electrons. The number of nitrogens with zero attached hydrogens (tertiary/aromatic N) is 1. The zero-order valence-electron chi connectivity index (χ0n) is 11.1. The Morgan fingerprint density at radius 1 is 1.45 bits per heavy atom. The van der Waals surface area contributed by atoms with E-state index in [0.717, 1.165) is 0 Å². The summed E-state index contributed by atoms with van der Waals surface area (Å²) in [6, 6.07) is 3.68. The number of ether oxygens (including phenoxy) is 1. The number of rotatable bonds is 3. The molecular formula is C13H15NO5S. The first kappa shape index (κ1) is 14.5. The number of carbonyl (C=O) groups is 2. The molecule has 1 fully saturated rings. The maximum atomic E-state index is 12.5. The van der Waals surface area contributed by atoms with Crippen molar-refractivity contribution in [3.63, 3.8) is 0 Å². The van der Waals surface area contributed by atoms with Gasteiger partial charge in [-0.05, 0) is 19.1 Å². The molecule has 2 unspecified atom stereocenters. The number of hydrogen-bond acceptors (Lipinski definition) is 5. The first-order valence-corrected chi connectivity index (χ1v) is 7.05. The van der Waals surface area contributed by atoms with Crippen LogP contribution in [-0.2, 0) is 4.79 Å². The summed E-state index contributed by atoms with van der Waals surface area (Å²) in [5, 5.41) is 18.9. The van der Waals surface area contributed by atoms with Gasteiger partial charge in [-0.3, -0.25) is 4.79 Å². The summed E-state index contributed by atoms with van der Waals surface area (Å²) in [5.74, 6) is -1.30. The molecule has 1 amide bonds.